The van der Waals surface area contributed by atoms with Crippen LogP contribution in [0.5, 0.6) is 0 Å². The normalized spacial score (nSPS) is 12.5. The summed E-state index contributed by atoms with van der Waals surface area (Å²) in [6, 6.07) is 0. The van der Waals surface area contributed by atoms with Gasteiger partial charge in [-0.2, -0.15) is 0 Å². The molecule has 11 heavy (non-hydrogen) atoms. The molecule has 1 atom stereocenters. The maximum atomic E-state index is 5.15. The van der Waals surface area contributed by atoms with Gasteiger partial charge in [-0.15, -0.1) is 30.1 Å². The molecule has 1 heterocycles. The van der Waals surface area contributed by atoms with Crippen LogP contribution in [0.25, 0.3) is 0 Å². The van der Waals surface area contributed by atoms with Crippen molar-refractivity contribution in [2.45, 2.75) is 24.3 Å². The fraction of sp³-hybridized carbons (Fsp3) is 0.429. The van der Waals surface area contributed by atoms with E-state index in [0.717, 1.165) is 5.69 Å². The van der Waals surface area contributed by atoms with Gasteiger partial charge in [-0.05, 0) is 0 Å². The van der Waals surface area contributed by atoms with Crippen molar-refractivity contribution >= 4 is 12.6 Å². The fourth-order valence-corrected chi connectivity index (χ4v) is 1.15. The van der Waals surface area contributed by atoms with Gasteiger partial charge in [0.05, 0.1) is 5.69 Å². The van der Waals surface area contributed by atoms with Crippen molar-refractivity contribution < 1.29 is 0 Å². The molecule has 1 rings (SSSR count). The van der Waals surface area contributed by atoms with E-state index in [0.29, 0.717) is 11.4 Å². The van der Waals surface area contributed by atoms with Crippen molar-refractivity contribution in [1.82, 2.24) is 15.4 Å². The average Bonchev–Trinajstić information content (AvgIpc) is 2.36. The van der Waals surface area contributed by atoms with Crippen LogP contribution < -0.4 is 0 Å². The molecule has 0 amide bonds. The third-order valence-electron chi connectivity index (χ3n) is 1.45. The Balaban J connectivity index is 2.77. The molecular weight excluding hydrogens is 158 g/mol. The summed E-state index contributed by atoms with van der Waals surface area (Å²) in [5.41, 5.74) is 0.839. The first kappa shape index (κ1) is 8.15. The molecule has 0 unspecified atom stereocenters. The van der Waals surface area contributed by atoms with Gasteiger partial charge in [0.25, 0.3) is 0 Å². The number of nitrogens with zero attached hydrogens (tertiary/aromatic N) is 2. The Morgan fingerprint density at radius 3 is 3.00 bits per heavy atom. The predicted molar refractivity (Wildman–Crippen MR) is 45.5 cm³/mol. The third-order valence-corrected chi connectivity index (χ3v) is 1.78. The van der Waals surface area contributed by atoms with Crippen LogP contribution in [0.15, 0.2) is 5.03 Å². The summed E-state index contributed by atoms with van der Waals surface area (Å²) in [6.45, 7) is 2.00. The molecule has 0 aromatic carbocycles. The van der Waals surface area contributed by atoms with Crippen molar-refractivity contribution in [2.24, 2.45) is 0 Å². The van der Waals surface area contributed by atoms with Crippen LogP contribution >= 0.6 is 12.6 Å². The van der Waals surface area contributed by atoms with Gasteiger partial charge in [0.2, 0.25) is 0 Å². The first-order valence-electron chi connectivity index (χ1n) is 3.29. The number of rotatable bonds is 2. The van der Waals surface area contributed by atoms with Gasteiger partial charge in [-0.1, -0.05) is 12.1 Å². The largest absolute Gasteiger partial charge is 0.252 e. The van der Waals surface area contributed by atoms with Crippen LogP contribution in [0.2, 0.25) is 0 Å². The summed E-state index contributed by atoms with van der Waals surface area (Å²) in [5, 5.41) is 10.8. The van der Waals surface area contributed by atoms with Crippen LogP contribution in [0.3, 0.4) is 0 Å². The smallest absolute Gasteiger partial charge is 0.112 e. The Hall–Kier alpha value is -0.950. The second-order valence-corrected chi connectivity index (χ2v) is 2.80. The van der Waals surface area contributed by atoms with E-state index in [1.165, 1.54) is 0 Å². The molecule has 0 saturated heterocycles. The summed E-state index contributed by atoms with van der Waals surface area (Å²) in [5.74, 6) is 2.80. The second kappa shape index (κ2) is 3.44. The van der Waals surface area contributed by atoms with Crippen LogP contribution in [0.1, 0.15) is 25.0 Å². The molecule has 0 aliphatic carbocycles. The zero-order chi connectivity index (χ0) is 8.27. The minimum Gasteiger partial charge on any atom is -0.252 e. The number of hydrogen-bond donors (Lipinski definition) is 2. The van der Waals surface area contributed by atoms with Gasteiger partial charge in [0, 0.05) is 12.3 Å². The lowest BCUT2D eigenvalue weighted by Gasteiger charge is -2.01. The standard InChI is InChI=1S/C7H9N3S/c1-3-4-5(2)6-7(11)9-10-8-6/h1,5H,4H2,2H3,(H2,8,9,10,11)/t5-/m0/s1. The van der Waals surface area contributed by atoms with E-state index in [9.17, 15) is 0 Å². The minimum absolute atomic E-state index is 0.228. The van der Waals surface area contributed by atoms with Crippen molar-refractivity contribution in [2.75, 3.05) is 0 Å². The molecule has 0 fully saturated rings. The quantitative estimate of drug-likeness (QED) is 0.513. The monoisotopic (exact) mass is 167 g/mol. The predicted octanol–water partition coefficient (Wildman–Crippen LogP) is 1.22. The van der Waals surface area contributed by atoms with Crippen LogP contribution in [-0.2, 0) is 0 Å². The van der Waals surface area contributed by atoms with Crippen molar-refractivity contribution in [3.63, 3.8) is 0 Å². The van der Waals surface area contributed by atoms with Crippen molar-refractivity contribution in [3.8, 4) is 12.3 Å². The molecule has 1 N–H and O–H groups in total. The number of aromatic amines is 1. The third kappa shape index (κ3) is 1.75. The molecule has 0 radical (unpaired) electrons. The number of thiol groups is 1. The first-order chi connectivity index (χ1) is 5.25. The Labute approximate surface area is 71.0 Å². The molecule has 0 aliphatic heterocycles. The minimum atomic E-state index is 0.228. The highest BCUT2D eigenvalue weighted by Crippen LogP contribution is 2.20. The zero-order valence-electron chi connectivity index (χ0n) is 6.20. The Bertz CT molecular complexity index is 273. The SMILES string of the molecule is C#CC[C@H](C)c1nn[nH]c1S. The summed E-state index contributed by atoms with van der Waals surface area (Å²) in [4.78, 5) is 0. The Morgan fingerprint density at radius 1 is 1.82 bits per heavy atom. The van der Waals surface area contributed by atoms with E-state index in [1.807, 2.05) is 6.92 Å². The van der Waals surface area contributed by atoms with E-state index < -0.39 is 0 Å². The number of hydrogen-bond acceptors (Lipinski definition) is 3. The lowest BCUT2D eigenvalue weighted by molar-refractivity contribution is 0.741. The summed E-state index contributed by atoms with van der Waals surface area (Å²) in [6.07, 6.45) is 5.82. The Morgan fingerprint density at radius 2 is 2.55 bits per heavy atom. The molecule has 0 saturated carbocycles. The van der Waals surface area contributed by atoms with Gasteiger partial charge in [-0.25, -0.2) is 0 Å². The molecule has 4 heteroatoms. The van der Waals surface area contributed by atoms with Crippen LogP contribution in [0, 0.1) is 12.3 Å². The van der Waals surface area contributed by atoms with Crippen molar-refractivity contribution in [1.29, 1.82) is 0 Å². The number of H-pyrrole nitrogens is 1. The topological polar surface area (TPSA) is 41.6 Å². The first-order valence-corrected chi connectivity index (χ1v) is 3.73. The van der Waals surface area contributed by atoms with E-state index in [4.69, 9.17) is 6.42 Å². The fourth-order valence-electron chi connectivity index (χ4n) is 0.836. The van der Waals surface area contributed by atoms with Crippen molar-refractivity contribution in [3.05, 3.63) is 5.69 Å². The van der Waals surface area contributed by atoms with Gasteiger partial charge in [-0.3, -0.25) is 5.10 Å². The number of terminal acetylenes is 1. The summed E-state index contributed by atoms with van der Waals surface area (Å²) < 4.78 is 0. The van der Waals surface area contributed by atoms with Crippen LogP contribution in [-0.4, -0.2) is 15.4 Å². The molecule has 0 aliphatic rings. The maximum Gasteiger partial charge on any atom is 0.112 e. The highest BCUT2D eigenvalue weighted by atomic mass is 32.1. The molecule has 1 aromatic heterocycles. The van der Waals surface area contributed by atoms with Gasteiger partial charge in [0.1, 0.15) is 5.03 Å². The molecule has 3 nitrogen and oxygen atoms in total. The molecule has 0 bridgehead atoms. The molecule has 0 spiro atoms. The van der Waals surface area contributed by atoms with E-state index in [2.05, 4.69) is 34.0 Å². The van der Waals surface area contributed by atoms with Gasteiger partial charge in [0.15, 0.2) is 0 Å². The summed E-state index contributed by atoms with van der Waals surface area (Å²) in [7, 11) is 0. The van der Waals surface area contributed by atoms with E-state index >= 15 is 0 Å². The van der Waals surface area contributed by atoms with E-state index in [-0.39, 0.29) is 5.92 Å². The highest BCUT2D eigenvalue weighted by molar-refractivity contribution is 7.80. The van der Waals surface area contributed by atoms with Gasteiger partial charge >= 0.3 is 0 Å². The summed E-state index contributed by atoms with van der Waals surface area (Å²) >= 11 is 4.13. The lowest BCUT2D eigenvalue weighted by Crippen LogP contribution is -1.93. The molecule has 1 aromatic rings. The maximum absolute atomic E-state index is 5.15. The lowest BCUT2D eigenvalue weighted by atomic mass is 10.1. The highest BCUT2D eigenvalue weighted by Gasteiger charge is 2.10. The van der Waals surface area contributed by atoms with Crippen LogP contribution in [0.4, 0.5) is 0 Å². The van der Waals surface area contributed by atoms with Gasteiger partial charge < -0.3 is 0 Å². The zero-order valence-corrected chi connectivity index (χ0v) is 7.10. The molecular formula is C7H9N3S. The number of aromatic nitrogens is 3. The Kier molecular flexibility index (Phi) is 2.55. The molecule has 58 valence electrons. The van der Waals surface area contributed by atoms with E-state index in [1.54, 1.807) is 0 Å². The number of nitrogens with one attached hydrogen (secondary N) is 1. The average molecular weight is 167 g/mol. The second-order valence-electron chi connectivity index (χ2n) is 2.35.